The van der Waals surface area contributed by atoms with Gasteiger partial charge in [0.1, 0.15) is 23.2 Å². The molecule has 0 aliphatic carbocycles. The molecule has 40 heavy (non-hydrogen) atoms. The molecule has 1 fully saturated rings. The second-order valence-corrected chi connectivity index (χ2v) is 13.1. The fraction of sp³-hybridized carbons (Fsp3) is 0.414. The highest BCUT2D eigenvalue weighted by molar-refractivity contribution is 7.90. The number of pyridine rings is 2. The van der Waals surface area contributed by atoms with Gasteiger partial charge in [-0.2, -0.15) is 8.42 Å². The summed E-state index contributed by atoms with van der Waals surface area (Å²) in [5.74, 6) is -0.342. The van der Waals surface area contributed by atoms with E-state index in [2.05, 4.69) is 30.5 Å². The van der Waals surface area contributed by atoms with Crippen LogP contribution in [-0.4, -0.2) is 43.5 Å². The molecule has 9 nitrogen and oxygen atoms in total. The highest BCUT2D eigenvalue weighted by Gasteiger charge is 2.37. The maximum atomic E-state index is 14.6. The normalized spacial score (nSPS) is 15.9. The Hall–Kier alpha value is -3.73. The lowest BCUT2D eigenvalue weighted by Crippen LogP contribution is -2.41. The van der Waals surface area contributed by atoms with Crippen LogP contribution in [0.25, 0.3) is 11.3 Å². The first-order chi connectivity index (χ1) is 18.7. The summed E-state index contributed by atoms with van der Waals surface area (Å²) in [7, 11) is -4.30. The number of ether oxygens (including phenoxy) is 1. The number of carbonyl (C=O) groups excluding carboxylic acids is 1. The third-order valence-electron chi connectivity index (χ3n) is 6.64. The Kier molecular flexibility index (Phi) is 8.34. The fourth-order valence-electron chi connectivity index (χ4n) is 4.79. The molecule has 0 saturated carbocycles. The minimum atomic E-state index is -4.30. The average Bonchev–Trinajstić information content (AvgIpc) is 3.37. The summed E-state index contributed by atoms with van der Waals surface area (Å²) in [6, 6.07) is 11.7. The Balaban J connectivity index is 1.77. The average molecular weight is 570 g/mol. The van der Waals surface area contributed by atoms with Crippen molar-refractivity contribution >= 4 is 27.6 Å². The van der Waals surface area contributed by atoms with E-state index in [1.54, 1.807) is 12.1 Å². The molecule has 0 spiro atoms. The first-order valence-electron chi connectivity index (χ1n) is 13.3. The lowest BCUT2D eigenvalue weighted by atomic mass is 9.85. The lowest BCUT2D eigenvalue weighted by Gasteiger charge is -2.36. The Labute approximate surface area is 235 Å². The lowest BCUT2D eigenvalue weighted by molar-refractivity contribution is 0.0981. The van der Waals surface area contributed by atoms with E-state index in [-0.39, 0.29) is 33.8 Å². The van der Waals surface area contributed by atoms with E-state index in [1.807, 2.05) is 18.7 Å². The van der Waals surface area contributed by atoms with Crippen molar-refractivity contribution in [3.05, 3.63) is 59.9 Å². The van der Waals surface area contributed by atoms with Crippen LogP contribution >= 0.6 is 0 Å². The monoisotopic (exact) mass is 569 g/mol. The van der Waals surface area contributed by atoms with Gasteiger partial charge >= 0.3 is 0 Å². The minimum absolute atomic E-state index is 0.0129. The van der Waals surface area contributed by atoms with E-state index in [9.17, 15) is 17.6 Å². The molecule has 0 bridgehead atoms. The summed E-state index contributed by atoms with van der Waals surface area (Å²) in [6.45, 7) is 11.4. The predicted octanol–water partition coefficient (Wildman–Crippen LogP) is 5.03. The standard InChI is InChI=1S/C29H36FN5O4S/c1-18(2)17-39-21-15-19(14-20(30)16-21)23-12-11-22(27(32-23)35-13-7-8-24(35)29(3,4)5)28(36)34-40(37,38)26-10-6-9-25(31)33-26/h6,9-12,14-16,18,24H,7-8,13,17H2,1-5H3,(H2,31,33)(H,34,36). The molecule has 4 rings (SSSR count). The summed E-state index contributed by atoms with van der Waals surface area (Å²) >= 11 is 0. The minimum Gasteiger partial charge on any atom is -0.493 e. The number of carbonyl (C=O) groups is 1. The van der Waals surface area contributed by atoms with Crippen LogP contribution < -0.4 is 20.1 Å². The molecule has 1 aliphatic heterocycles. The number of aromatic nitrogens is 2. The SMILES string of the molecule is CC(C)COc1cc(F)cc(-c2ccc(C(=O)NS(=O)(=O)c3cccc(N)n3)c(N3CCCC3C(C)(C)C)n2)c1. The third kappa shape index (κ3) is 6.70. The zero-order valence-electron chi connectivity index (χ0n) is 23.4. The molecule has 3 N–H and O–H groups in total. The predicted molar refractivity (Wildman–Crippen MR) is 153 cm³/mol. The Bertz CT molecular complexity index is 1500. The molecule has 1 amide bonds. The molecule has 1 unspecified atom stereocenters. The smallest absolute Gasteiger partial charge is 0.281 e. The number of halogens is 1. The topological polar surface area (TPSA) is 128 Å². The molecule has 1 aromatic carbocycles. The van der Waals surface area contributed by atoms with Gasteiger partial charge in [0.15, 0.2) is 5.03 Å². The quantitative estimate of drug-likeness (QED) is 0.387. The Morgan fingerprint density at radius 2 is 1.93 bits per heavy atom. The van der Waals surface area contributed by atoms with E-state index in [1.165, 1.54) is 36.4 Å². The summed E-state index contributed by atoms with van der Waals surface area (Å²) in [5.41, 5.74) is 6.50. The number of nitrogen functional groups attached to an aromatic ring is 1. The van der Waals surface area contributed by atoms with Crippen LogP contribution in [0.3, 0.4) is 0 Å². The van der Waals surface area contributed by atoms with Crippen LogP contribution in [0.4, 0.5) is 16.0 Å². The zero-order valence-corrected chi connectivity index (χ0v) is 24.3. The number of hydrogen-bond donors (Lipinski definition) is 2. The second kappa shape index (κ2) is 11.4. The van der Waals surface area contributed by atoms with Gasteiger partial charge in [-0.1, -0.05) is 40.7 Å². The summed E-state index contributed by atoms with van der Waals surface area (Å²) in [4.78, 5) is 24.2. The molecule has 0 radical (unpaired) electrons. The zero-order chi connectivity index (χ0) is 29.2. The number of nitrogens with zero attached hydrogens (tertiary/aromatic N) is 3. The number of benzene rings is 1. The number of nitrogens with two attached hydrogens (primary N) is 1. The number of sulfonamides is 1. The van der Waals surface area contributed by atoms with Crippen molar-refractivity contribution in [2.75, 3.05) is 23.8 Å². The summed E-state index contributed by atoms with van der Waals surface area (Å²) in [5, 5.41) is -0.366. The second-order valence-electron chi connectivity index (χ2n) is 11.5. The van der Waals surface area contributed by atoms with Crippen molar-refractivity contribution in [2.24, 2.45) is 11.3 Å². The van der Waals surface area contributed by atoms with E-state index >= 15 is 0 Å². The summed E-state index contributed by atoms with van der Waals surface area (Å²) in [6.07, 6.45) is 1.77. The first-order valence-corrected chi connectivity index (χ1v) is 14.7. The maximum Gasteiger partial charge on any atom is 0.281 e. The van der Waals surface area contributed by atoms with Gasteiger partial charge < -0.3 is 15.4 Å². The third-order valence-corrected chi connectivity index (χ3v) is 7.87. The number of rotatable bonds is 8. The first kappa shape index (κ1) is 29.3. The van der Waals surface area contributed by atoms with Gasteiger partial charge in [-0.15, -0.1) is 0 Å². The van der Waals surface area contributed by atoms with Crippen molar-refractivity contribution in [2.45, 2.75) is 58.5 Å². The van der Waals surface area contributed by atoms with Crippen molar-refractivity contribution < 1.29 is 22.3 Å². The van der Waals surface area contributed by atoms with E-state index in [4.69, 9.17) is 15.5 Å². The van der Waals surface area contributed by atoms with Gasteiger partial charge in [-0.25, -0.2) is 19.1 Å². The van der Waals surface area contributed by atoms with Crippen molar-refractivity contribution in [3.8, 4) is 17.0 Å². The van der Waals surface area contributed by atoms with Crippen LogP contribution in [0.1, 0.15) is 57.8 Å². The molecular formula is C29H36FN5O4S. The highest BCUT2D eigenvalue weighted by Crippen LogP contribution is 2.38. The molecule has 2 aromatic heterocycles. The van der Waals surface area contributed by atoms with Crippen molar-refractivity contribution in [3.63, 3.8) is 0 Å². The molecule has 3 heterocycles. The van der Waals surface area contributed by atoms with Gasteiger partial charge in [0.2, 0.25) is 0 Å². The van der Waals surface area contributed by atoms with Crippen molar-refractivity contribution in [1.29, 1.82) is 0 Å². The molecule has 1 saturated heterocycles. The van der Waals surface area contributed by atoms with Crippen LogP contribution in [-0.2, 0) is 10.0 Å². The maximum absolute atomic E-state index is 14.6. The van der Waals surface area contributed by atoms with Crippen LogP contribution in [0, 0.1) is 17.2 Å². The van der Waals surface area contributed by atoms with Crippen LogP contribution in [0.5, 0.6) is 5.75 Å². The summed E-state index contributed by atoms with van der Waals surface area (Å²) < 4.78 is 48.3. The number of nitrogens with one attached hydrogen (secondary N) is 1. The highest BCUT2D eigenvalue weighted by atomic mass is 32.2. The van der Waals surface area contributed by atoms with E-state index in [0.29, 0.717) is 36.0 Å². The van der Waals surface area contributed by atoms with Gasteiger partial charge in [-0.05, 0) is 60.6 Å². The molecule has 11 heteroatoms. The van der Waals surface area contributed by atoms with Gasteiger partial charge in [-0.3, -0.25) is 4.79 Å². The Morgan fingerprint density at radius 1 is 1.18 bits per heavy atom. The number of hydrogen-bond acceptors (Lipinski definition) is 8. The fourth-order valence-corrected chi connectivity index (χ4v) is 5.73. The largest absolute Gasteiger partial charge is 0.493 e. The van der Waals surface area contributed by atoms with Crippen LogP contribution in [0.2, 0.25) is 0 Å². The van der Waals surface area contributed by atoms with E-state index in [0.717, 1.165) is 12.8 Å². The molecule has 214 valence electrons. The number of amides is 1. The molecule has 1 aliphatic rings. The van der Waals surface area contributed by atoms with E-state index < -0.39 is 21.7 Å². The molecule has 1 atom stereocenters. The molecule has 3 aromatic rings. The van der Waals surface area contributed by atoms with Gasteiger partial charge in [0, 0.05) is 24.2 Å². The molecular weight excluding hydrogens is 533 g/mol. The Morgan fingerprint density at radius 3 is 2.60 bits per heavy atom. The van der Waals surface area contributed by atoms with Gasteiger partial charge in [0.05, 0.1) is 17.9 Å². The van der Waals surface area contributed by atoms with Crippen molar-refractivity contribution in [1.82, 2.24) is 14.7 Å². The van der Waals surface area contributed by atoms with Gasteiger partial charge in [0.25, 0.3) is 15.9 Å². The van der Waals surface area contributed by atoms with Crippen LogP contribution in [0.15, 0.2) is 53.6 Å². The number of anilines is 2.